The highest BCUT2D eigenvalue weighted by molar-refractivity contribution is 5.95. The zero-order valence-corrected chi connectivity index (χ0v) is 13.5. The van der Waals surface area contributed by atoms with E-state index in [9.17, 15) is 9.59 Å². The minimum atomic E-state index is -0.692. The molecule has 3 aromatic rings. The van der Waals surface area contributed by atoms with Gasteiger partial charge in [-0.05, 0) is 31.2 Å². The Hall–Kier alpha value is -3.48. The standard InChI is InChI=1S/C18H16N4O3/c1-13-17(21-22(20-13)15-10-6-3-7-11-15)18(24)25-12-16(23)19-14-8-4-2-5-9-14/h2-11H,12H2,1H3,(H,19,23). The van der Waals surface area contributed by atoms with E-state index < -0.39 is 18.5 Å². The normalized spacial score (nSPS) is 10.3. The van der Waals surface area contributed by atoms with Gasteiger partial charge in [-0.2, -0.15) is 9.90 Å². The Labute approximate surface area is 144 Å². The predicted molar refractivity (Wildman–Crippen MR) is 91.5 cm³/mol. The number of amides is 1. The van der Waals surface area contributed by atoms with E-state index >= 15 is 0 Å². The van der Waals surface area contributed by atoms with Crippen molar-refractivity contribution in [2.75, 3.05) is 11.9 Å². The molecule has 0 fully saturated rings. The molecule has 0 aliphatic heterocycles. The molecule has 0 unspecified atom stereocenters. The fourth-order valence-electron chi connectivity index (χ4n) is 2.16. The minimum Gasteiger partial charge on any atom is -0.451 e. The molecule has 1 aromatic heterocycles. The fourth-order valence-corrected chi connectivity index (χ4v) is 2.16. The van der Waals surface area contributed by atoms with Gasteiger partial charge in [0.05, 0.1) is 11.4 Å². The number of nitrogens with zero attached hydrogens (tertiary/aromatic N) is 3. The average molecular weight is 336 g/mol. The Bertz CT molecular complexity index is 876. The van der Waals surface area contributed by atoms with E-state index in [1.165, 1.54) is 4.80 Å². The summed E-state index contributed by atoms with van der Waals surface area (Å²) in [7, 11) is 0. The number of aryl methyl sites for hydroxylation is 1. The number of rotatable bonds is 5. The quantitative estimate of drug-likeness (QED) is 0.723. The van der Waals surface area contributed by atoms with Crippen LogP contribution < -0.4 is 5.32 Å². The molecule has 1 N–H and O–H groups in total. The number of nitrogens with one attached hydrogen (secondary N) is 1. The summed E-state index contributed by atoms with van der Waals surface area (Å²) < 4.78 is 5.03. The van der Waals surface area contributed by atoms with Crippen molar-refractivity contribution in [1.29, 1.82) is 0 Å². The third kappa shape index (κ3) is 4.08. The van der Waals surface area contributed by atoms with Crippen LogP contribution in [0.25, 0.3) is 5.69 Å². The number of anilines is 1. The molecule has 3 rings (SSSR count). The first-order chi connectivity index (χ1) is 12.1. The number of hydrogen-bond acceptors (Lipinski definition) is 5. The Morgan fingerprint density at radius 3 is 2.32 bits per heavy atom. The smallest absolute Gasteiger partial charge is 0.361 e. The van der Waals surface area contributed by atoms with Gasteiger partial charge in [0.15, 0.2) is 12.3 Å². The highest BCUT2D eigenvalue weighted by Crippen LogP contribution is 2.09. The van der Waals surface area contributed by atoms with Crippen molar-refractivity contribution in [2.45, 2.75) is 6.92 Å². The Morgan fingerprint density at radius 1 is 1.00 bits per heavy atom. The second-order valence-corrected chi connectivity index (χ2v) is 5.25. The van der Waals surface area contributed by atoms with Gasteiger partial charge in [0.25, 0.3) is 5.91 Å². The summed E-state index contributed by atoms with van der Waals surface area (Å²) in [4.78, 5) is 25.3. The van der Waals surface area contributed by atoms with E-state index in [0.717, 1.165) is 5.69 Å². The highest BCUT2D eigenvalue weighted by atomic mass is 16.5. The van der Waals surface area contributed by atoms with Gasteiger partial charge in [0.2, 0.25) is 0 Å². The van der Waals surface area contributed by atoms with Gasteiger partial charge in [-0.3, -0.25) is 4.79 Å². The lowest BCUT2D eigenvalue weighted by Gasteiger charge is -2.05. The first kappa shape index (κ1) is 16.4. The number of carbonyl (C=O) groups is 2. The van der Waals surface area contributed by atoms with Crippen molar-refractivity contribution in [2.24, 2.45) is 0 Å². The Kier molecular flexibility index (Phi) is 4.84. The maximum atomic E-state index is 12.1. The fraction of sp³-hybridized carbons (Fsp3) is 0.111. The van der Waals surface area contributed by atoms with Crippen molar-refractivity contribution in [3.05, 3.63) is 72.1 Å². The van der Waals surface area contributed by atoms with Crippen LogP contribution in [0.5, 0.6) is 0 Å². The van der Waals surface area contributed by atoms with Gasteiger partial charge < -0.3 is 10.1 Å². The summed E-state index contributed by atoms with van der Waals surface area (Å²) in [6, 6.07) is 18.1. The van der Waals surface area contributed by atoms with Crippen molar-refractivity contribution in [3.63, 3.8) is 0 Å². The Morgan fingerprint density at radius 2 is 1.64 bits per heavy atom. The summed E-state index contributed by atoms with van der Waals surface area (Å²) >= 11 is 0. The van der Waals surface area contributed by atoms with Crippen LogP contribution in [0.1, 0.15) is 16.2 Å². The van der Waals surface area contributed by atoms with Gasteiger partial charge >= 0.3 is 5.97 Å². The monoisotopic (exact) mass is 336 g/mol. The number of esters is 1. The van der Waals surface area contributed by atoms with Crippen LogP contribution in [0.2, 0.25) is 0 Å². The van der Waals surface area contributed by atoms with Gasteiger partial charge in [0, 0.05) is 5.69 Å². The lowest BCUT2D eigenvalue weighted by Crippen LogP contribution is -2.21. The molecule has 126 valence electrons. The van der Waals surface area contributed by atoms with Crippen molar-refractivity contribution in [1.82, 2.24) is 15.0 Å². The summed E-state index contributed by atoms with van der Waals surface area (Å²) in [5, 5.41) is 11.0. The molecule has 0 spiro atoms. The van der Waals surface area contributed by atoms with Gasteiger partial charge in [-0.25, -0.2) is 4.79 Å². The molecular formula is C18H16N4O3. The first-order valence-electron chi connectivity index (χ1n) is 7.65. The lowest BCUT2D eigenvalue weighted by molar-refractivity contribution is -0.119. The van der Waals surface area contributed by atoms with Crippen LogP contribution >= 0.6 is 0 Å². The zero-order chi connectivity index (χ0) is 17.6. The van der Waals surface area contributed by atoms with Crippen molar-refractivity contribution in [3.8, 4) is 5.69 Å². The first-order valence-corrected chi connectivity index (χ1v) is 7.65. The topological polar surface area (TPSA) is 86.1 Å². The maximum absolute atomic E-state index is 12.1. The van der Waals surface area contributed by atoms with Crippen LogP contribution in [0, 0.1) is 6.92 Å². The molecule has 0 bridgehead atoms. The van der Waals surface area contributed by atoms with Gasteiger partial charge in [-0.15, -0.1) is 5.10 Å². The van der Waals surface area contributed by atoms with Crippen LogP contribution in [0.3, 0.4) is 0 Å². The summed E-state index contributed by atoms with van der Waals surface area (Å²) in [5.41, 5.74) is 1.87. The van der Waals surface area contributed by atoms with Crippen molar-refractivity contribution < 1.29 is 14.3 Å². The molecule has 0 saturated heterocycles. The summed E-state index contributed by atoms with van der Waals surface area (Å²) in [6.07, 6.45) is 0. The predicted octanol–water partition coefficient (Wildman–Crippen LogP) is 2.37. The zero-order valence-electron chi connectivity index (χ0n) is 13.5. The largest absolute Gasteiger partial charge is 0.451 e. The molecule has 7 heteroatoms. The van der Waals surface area contributed by atoms with E-state index in [1.807, 2.05) is 36.4 Å². The minimum absolute atomic E-state index is 0.0800. The Balaban J connectivity index is 1.62. The van der Waals surface area contributed by atoms with E-state index in [-0.39, 0.29) is 5.69 Å². The SMILES string of the molecule is Cc1nn(-c2ccccc2)nc1C(=O)OCC(=O)Nc1ccccc1. The molecule has 1 heterocycles. The number of para-hydroxylation sites is 2. The molecule has 0 radical (unpaired) electrons. The van der Waals surface area contributed by atoms with Gasteiger partial charge in [-0.1, -0.05) is 36.4 Å². The summed E-state index contributed by atoms with van der Waals surface area (Å²) in [5.74, 6) is -1.12. The van der Waals surface area contributed by atoms with Crippen LogP contribution in [0.4, 0.5) is 5.69 Å². The maximum Gasteiger partial charge on any atom is 0.361 e. The van der Waals surface area contributed by atoms with E-state index in [2.05, 4.69) is 15.5 Å². The van der Waals surface area contributed by atoms with E-state index in [4.69, 9.17) is 4.74 Å². The number of carbonyl (C=O) groups excluding carboxylic acids is 2. The number of ether oxygens (including phenoxy) is 1. The highest BCUT2D eigenvalue weighted by Gasteiger charge is 2.19. The van der Waals surface area contributed by atoms with Crippen LogP contribution in [0.15, 0.2) is 60.7 Å². The van der Waals surface area contributed by atoms with E-state index in [1.54, 1.807) is 31.2 Å². The van der Waals surface area contributed by atoms with Gasteiger partial charge in [0.1, 0.15) is 0 Å². The van der Waals surface area contributed by atoms with E-state index in [0.29, 0.717) is 11.4 Å². The second-order valence-electron chi connectivity index (χ2n) is 5.25. The molecule has 0 aliphatic rings. The third-order valence-corrected chi connectivity index (χ3v) is 3.35. The van der Waals surface area contributed by atoms with Crippen LogP contribution in [-0.4, -0.2) is 33.5 Å². The molecule has 2 aromatic carbocycles. The second kappa shape index (κ2) is 7.39. The molecule has 7 nitrogen and oxygen atoms in total. The number of hydrogen-bond donors (Lipinski definition) is 1. The molecule has 0 saturated carbocycles. The molecule has 25 heavy (non-hydrogen) atoms. The summed E-state index contributed by atoms with van der Waals surface area (Å²) in [6.45, 7) is 1.26. The average Bonchev–Trinajstić information content (AvgIpc) is 3.03. The molecule has 0 aliphatic carbocycles. The number of benzene rings is 2. The molecular weight excluding hydrogens is 320 g/mol. The van der Waals surface area contributed by atoms with Crippen molar-refractivity contribution >= 4 is 17.6 Å². The molecule has 1 amide bonds. The van der Waals surface area contributed by atoms with Crippen LogP contribution in [-0.2, 0) is 9.53 Å². The molecule has 0 atom stereocenters. The number of aromatic nitrogens is 3. The lowest BCUT2D eigenvalue weighted by atomic mass is 10.3. The third-order valence-electron chi connectivity index (χ3n) is 3.35.